The topological polar surface area (TPSA) is 75.6 Å². The van der Waals surface area contributed by atoms with Crippen molar-refractivity contribution >= 4 is 40.8 Å². The number of halogens is 2. The van der Waals surface area contributed by atoms with E-state index in [1.807, 2.05) is 0 Å². The monoisotopic (exact) mass is 339 g/mol. The van der Waals surface area contributed by atoms with Crippen molar-refractivity contribution < 1.29 is 19.4 Å². The van der Waals surface area contributed by atoms with Crippen molar-refractivity contribution in [1.82, 2.24) is 0 Å². The quantitative estimate of drug-likeness (QED) is 0.884. The lowest BCUT2D eigenvalue weighted by Crippen LogP contribution is -2.13. The van der Waals surface area contributed by atoms with Crippen LogP contribution in [0.2, 0.25) is 10.0 Å². The van der Waals surface area contributed by atoms with Crippen LogP contribution in [0.3, 0.4) is 0 Å². The molecular formula is C15H11Cl2NO4. The number of rotatable bonds is 4. The molecule has 0 radical (unpaired) electrons. The van der Waals surface area contributed by atoms with Crippen LogP contribution in [0.25, 0.3) is 0 Å². The second kappa shape index (κ2) is 6.68. The zero-order valence-corrected chi connectivity index (χ0v) is 12.9. The number of nitrogens with one attached hydrogen (secondary N) is 1. The second-order valence-electron chi connectivity index (χ2n) is 4.31. The van der Waals surface area contributed by atoms with Gasteiger partial charge in [-0.2, -0.15) is 0 Å². The van der Waals surface area contributed by atoms with Gasteiger partial charge in [0.15, 0.2) is 5.75 Å². The maximum absolute atomic E-state index is 12.2. The molecular weight excluding hydrogens is 329 g/mol. The van der Waals surface area contributed by atoms with Gasteiger partial charge in [-0.1, -0.05) is 29.3 Å². The van der Waals surface area contributed by atoms with Gasteiger partial charge in [0.25, 0.3) is 5.91 Å². The van der Waals surface area contributed by atoms with E-state index in [9.17, 15) is 9.59 Å². The van der Waals surface area contributed by atoms with E-state index in [2.05, 4.69) is 5.32 Å². The Balaban J connectivity index is 2.39. The van der Waals surface area contributed by atoms with Crippen LogP contribution in [-0.4, -0.2) is 24.1 Å². The lowest BCUT2D eigenvalue weighted by atomic mass is 10.1. The predicted octanol–water partition coefficient (Wildman–Crippen LogP) is 3.95. The Morgan fingerprint density at radius 3 is 2.45 bits per heavy atom. The van der Waals surface area contributed by atoms with Crippen LogP contribution in [0.5, 0.6) is 5.75 Å². The van der Waals surface area contributed by atoms with Gasteiger partial charge < -0.3 is 15.2 Å². The lowest BCUT2D eigenvalue weighted by Gasteiger charge is -2.13. The fraction of sp³-hybridized carbons (Fsp3) is 0.0667. The second-order valence-corrected chi connectivity index (χ2v) is 5.15. The standard InChI is InChI=1S/C15H11Cl2NO4/c1-22-13-11(17)6-9(15(20)21)7-12(13)18-14(19)8-3-2-4-10(16)5-8/h2-7H,1H3,(H,18,19)(H,20,21). The third-order valence-corrected chi connectivity index (χ3v) is 3.35. The summed E-state index contributed by atoms with van der Waals surface area (Å²) in [6.07, 6.45) is 0. The normalized spacial score (nSPS) is 10.1. The highest BCUT2D eigenvalue weighted by Crippen LogP contribution is 2.34. The van der Waals surface area contributed by atoms with Crippen LogP contribution >= 0.6 is 23.2 Å². The first kappa shape index (κ1) is 16.1. The van der Waals surface area contributed by atoms with E-state index in [0.717, 1.165) is 0 Å². The summed E-state index contributed by atoms with van der Waals surface area (Å²) < 4.78 is 5.11. The van der Waals surface area contributed by atoms with Gasteiger partial charge in [-0.3, -0.25) is 4.79 Å². The fourth-order valence-corrected chi connectivity index (χ4v) is 2.33. The highest BCUT2D eigenvalue weighted by Gasteiger charge is 2.16. The molecule has 2 rings (SSSR count). The van der Waals surface area contributed by atoms with Gasteiger partial charge in [-0.05, 0) is 30.3 Å². The minimum Gasteiger partial charge on any atom is -0.493 e. The van der Waals surface area contributed by atoms with Gasteiger partial charge in [0.05, 0.1) is 23.4 Å². The van der Waals surface area contributed by atoms with Crippen molar-refractivity contribution in [2.75, 3.05) is 12.4 Å². The third kappa shape index (κ3) is 3.50. The number of carbonyl (C=O) groups excluding carboxylic acids is 1. The molecule has 22 heavy (non-hydrogen) atoms. The number of hydrogen-bond acceptors (Lipinski definition) is 3. The van der Waals surface area contributed by atoms with Crippen LogP contribution < -0.4 is 10.1 Å². The van der Waals surface area contributed by atoms with Crippen molar-refractivity contribution in [3.05, 3.63) is 57.6 Å². The first-order valence-electron chi connectivity index (χ1n) is 6.10. The minimum absolute atomic E-state index is 0.0628. The largest absolute Gasteiger partial charge is 0.493 e. The average Bonchev–Trinajstić information content (AvgIpc) is 2.46. The number of benzene rings is 2. The summed E-state index contributed by atoms with van der Waals surface area (Å²) >= 11 is 11.8. The molecule has 0 bridgehead atoms. The van der Waals surface area contributed by atoms with Crippen LogP contribution in [-0.2, 0) is 0 Å². The van der Waals surface area contributed by atoms with E-state index in [1.54, 1.807) is 18.2 Å². The zero-order chi connectivity index (χ0) is 16.3. The highest BCUT2D eigenvalue weighted by atomic mass is 35.5. The first-order chi connectivity index (χ1) is 10.4. The molecule has 0 aliphatic heterocycles. The van der Waals surface area contributed by atoms with Gasteiger partial charge in [0.2, 0.25) is 0 Å². The molecule has 2 N–H and O–H groups in total. The molecule has 1 amide bonds. The summed E-state index contributed by atoms with van der Waals surface area (Å²) in [6.45, 7) is 0. The van der Waals surface area contributed by atoms with E-state index >= 15 is 0 Å². The molecule has 0 heterocycles. The Morgan fingerprint density at radius 2 is 1.86 bits per heavy atom. The zero-order valence-electron chi connectivity index (χ0n) is 11.4. The van der Waals surface area contributed by atoms with Gasteiger partial charge in [-0.15, -0.1) is 0 Å². The van der Waals surface area contributed by atoms with Crippen LogP contribution in [0, 0.1) is 0 Å². The Hall–Kier alpha value is -2.24. The number of carbonyl (C=O) groups is 2. The summed E-state index contributed by atoms with van der Waals surface area (Å²) in [5, 5.41) is 12.1. The van der Waals surface area contributed by atoms with Crippen molar-refractivity contribution in [3.63, 3.8) is 0 Å². The van der Waals surface area contributed by atoms with Gasteiger partial charge >= 0.3 is 5.97 Å². The molecule has 0 saturated carbocycles. The Morgan fingerprint density at radius 1 is 1.14 bits per heavy atom. The number of hydrogen-bond donors (Lipinski definition) is 2. The Kier molecular flexibility index (Phi) is 4.90. The average molecular weight is 340 g/mol. The predicted molar refractivity (Wildman–Crippen MR) is 84.4 cm³/mol. The molecule has 0 aliphatic carbocycles. The van der Waals surface area contributed by atoms with Crippen LogP contribution in [0.4, 0.5) is 5.69 Å². The number of anilines is 1. The highest BCUT2D eigenvalue weighted by molar-refractivity contribution is 6.33. The van der Waals surface area contributed by atoms with E-state index < -0.39 is 11.9 Å². The molecule has 0 spiro atoms. The lowest BCUT2D eigenvalue weighted by molar-refractivity contribution is 0.0696. The minimum atomic E-state index is -1.16. The molecule has 0 atom stereocenters. The summed E-state index contributed by atoms with van der Waals surface area (Å²) in [5.41, 5.74) is 0.427. The van der Waals surface area contributed by atoms with Crippen molar-refractivity contribution in [2.24, 2.45) is 0 Å². The molecule has 0 unspecified atom stereocenters. The molecule has 0 fully saturated rings. The third-order valence-electron chi connectivity index (χ3n) is 2.83. The maximum Gasteiger partial charge on any atom is 0.335 e. The van der Waals surface area contributed by atoms with E-state index in [-0.39, 0.29) is 22.0 Å². The molecule has 0 aliphatic rings. The van der Waals surface area contributed by atoms with Crippen molar-refractivity contribution in [2.45, 2.75) is 0 Å². The smallest absolute Gasteiger partial charge is 0.335 e. The van der Waals surface area contributed by atoms with Crippen LogP contribution in [0.1, 0.15) is 20.7 Å². The van der Waals surface area contributed by atoms with Crippen molar-refractivity contribution in [3.8, 4) is 5.75 Å². The van der Waals surface area contributed by atoms with Gasteiger partial charge in [-0.25, -0.2) is 4.79 Å². The Bertz CT molecular complexity index is 746. The molecule has 0 saturated heterocycles. The summed E-state index contributed by atoms with van der Waals surface area (Å²) in [6, 6.07) is 8.87. The van der Waals surface area contributed by atoms with Crippen LogP contribution in [0.15, 0.2) is 36.4 Å². The molecule has 5 nitrogen and oxygen atoms in total. The summed E-state index contributed by atoms with van der Waals surface area (Å²) in [5.74, 6) is -1.44. The molecule has 2 aromatic rings. The van der Waals surface area contributed by atoms with E-state index in [4.69, 9.17) is 33.0 Å². The molecule has 7 heteroatoms. The maximum atomic E-state index is 12.2. The summed E-state index contributed by atoms with van der Waals surface area (Å²) in [4.78, 5) is 23.3. The molecule has 114 valence electrons. The number of methoxy groups -OCH3 is 1. The fourth-order valence-electron chi connectivity index (χ4n) is 1.84. The Labute approximate surface area is 136 Å². The summed E-state index contributed by atoms with van der Waals surface area (Å²) in [7, 11) is 1.37. The molecule has 0 aromatic heterocycles. The SMILES string of the molecule is COc1c(Cl)cc(C(=O)O)cc1NC(=O)c1cccc(Cl)c1. The van der Waals surface area contributed by atoms with Gasteiger partial charge in [0.1, 0.15) is 0 Å². The van der Waals surface area contributed by atoms with Crippen molar-refractivity contribution in [1.29, 1.82) is 0 Å². The number of carboxylic acid groups (broad SMARTS) is 1. The number of carboxylic acids is 1. The number of aromatic carboxylic acids is 1. The number of amides is 1. The number of ether oxygens (including phenoxy) is 1. The first-order valence-corrected chi connectivity index (χ1v) is 6.85. The van der Waals surface area contributed by atoms with E-state index in [0.29, 0.717) is 10.6 Å². The van der Waals surface area contributed by atoms with Gasteiger partial charge in [0, 0.05) is 10.6 Å². The van der Waals surface area contributed by atoms with E-state index in [1.165, 1.54) is 25.3 Å². The molecule has 2 aromatic carbocycles.